The molecule has 59 heavy (non-hydrogen) atoms. The summed E-state index contributed by atoms with van der Waals surface area (Å²) in [6.07, 6.45) is 44.8. The first-order chi connectivity index (χ1) is 28.4. The van der Waals surface area contributed by atoms with Gasteiger partial charge in [-0.05, 0) is 25.0 Å². The lowest BCUT2D eigenvalue weighted by molar-refractivity contribution is -0.893. The van der Waals surface area contributed by atoms with Gasteiger partial charge in [-0.3, -0.25) is 14.5 Å². The fourth-order valence-corrected chi connectivity index (χ4v) is 8.76. The number of quaternary nitrogens is 1. The van der Waals surface area contributed by atoms with Crippen LogP contribution in [-0.4, -0.2) is 80.9 Å². The quantitative estimate of drug-likeness (QED) is 0.0372. The lowest BCUT2D eigenvalue weighted by Crippen LogP contribution is -3.00. The number of hydrogen-bond acceptors (Lipinski definition) is 4. The Labute approximate surface area is 376 Å². The van der Waals surface area contributed by atoms with Crippen LogP contribution in [0.15, 0.2) is 24.3 Å². The van der Waals surface area contributed by atoms with Crippen LogP contribution < -0.4 is 17.0 Å². The minimum Gasteiger partial charge on any atom is -1.00 e. The molecule has 1 aromatic carbocycles. The van der Waals surface area contributed by atoms with Gasteiger partial charge in [0.1, 0.15) is 12.6 Å². The first kappa shape index (κ1) is 55.7. The average Bonchev–Trinajstić information content (AvgIpc) is 3.46. The summed E-state index contributed by atoms with van der Waals surface area (Å²) >= 11 is 0. The Bertz CT molecular complexity index is 1090. The minimum atomic E-state index is -0.159. The van der Waals surface area contributed by atoms with E-state index in [4.69, 9.17) is 9.47 Å². The first-order valence-corrected chi connectivity index (χ1v) is 25.4. The second-order valence-electron chi connectivity index (χ2n) is 18.7. The Morgan fingerprint density at radius 2 is 0.831 bits per heavy atom. The van der Waals surface area contributed by atoms with Crippen LogP contribution in [0.3, 0.4) is 0 Å². The molecule has 6 nitrogen and oxygen atoms in total. The maximum absolute atomic E-state index is 12.9. The molecule has 0 bridgehead atoms. The van der Waals surface area contributed by atoms with Crippen molar-refractivity contribution in [2.75, 3.05) is 53.6 Å². The summed E-state index contributed by atoms with van der Waals surface area (Å²) in [7, 11) is 4.48. The Morgan fingerprint density at radius 1 is 0.492 bits per heavy atom. The van der Waals surface area contributed by atoms with Crippen molar-refractivity contribution < 1.29 is 40.5 Å². The minimum absolute atomic E-state index is 0. The monoisotopic (exact) mass is 891 g/mol. The molecule has 0 spiro atoms. The topological polar surface area (TPSA) is 55.8 Å². The van der Waals surface area contributed by atoms with Crippen LogP contribution in [-0.2, 0) is 9.47 Å². The van der Waals surface area contributed by atoms with Crippen LogP contribution in [0.1, 0.15) is 246 Å². The van der Waals surface area contributed by atoms with Gasteiger partial charge in [0.2, 0.25) is 0 Å². The van der Waals surface area contributed by atoms with E-state index in [-0.39, 0.29) is 34.9 Å². The second-order valence-corrected chi connectivity index (χ2v) is 18.7. The molecule has 2 amide bonds. The van der Waals surface area contributed by atoms with Crippen molar-refractivity contribution in [3.8, 4) is 0 Å². The third-order valence-electron chi connectivity index (χ3n) is 12.5. The zero-order valence-electron chi connectivity index (χ0n) is 39.4. The molecule has 0 radical (unpaired) electrons. The third-order valence-corrected chi connectivity index (χ3v) is 12.5. The second kappa shape index (κ2) is 38.4. The number of amides is 2. The van der Waals surface area contributed by atoms with Gasteiger partial charge in [-0.2, -0.15) is 0 Å². The fourth-order valence-electron chi connectivity index (χ4n) is 8.76. The Morgan fingerprint density at radius 3 is 1.20 bits per heavy atom. The highest BCUT2D eigenvalue weighted by atomic mass is 79.9. The molecule has 1 aliphatic heterocycles. The predicted molar refractivity (Wildman–Crippen MR) is 248 cm³/mol. The summed E-state index contributed by atoms with van der Waals surface area (Å²) in [5, 5.41) is 0. The largest absolute Gasteiger partial charge is 1.00 e. The molecular formula is C52H95BrN2O4. The van der Waals surface area contributed by atoms with Gasteiger partial charge in [-0.15, -0.1) is 0 Å². The molecule has 1 heterocycles. The smallest absolute Gasteiger partial charge is 0.261 e. The molecule has 7 heteroatoms. The maximum atomic E-state index is 12.9. The predicted octanol–water partition coefficient (Wildman–Crippen LogP) is 11.7. The number of benzene rings is 1. The van der Waals surface area contributed by atoms with E-state index in [9.17, 15) is 9.59 Å². The molecule has 1 aromatic rings. The van der Waals surface area contributed by atoms with Gasteiger partial charge >= 0.3 is 0 Å². The number of ether oxygens (including phenoxy) is 2. The molecule has 0 N–H and O–H groups in total. The molecule has 344 valence electrons. The molecule has 0 aliphatic carbocycles. The average molecular weight is 892 g/mol. The van der Waals surface area contributed by atoms with E-state index < -0.39 is 0 Å². The van der Waals surface area contributed by atoms with Gasteiger partial charge in [-0.25, -0.2) is 0 Å². The van der Waals surface area contributed by atoms with E-state index in [2.05, 4.69) is 27.9 Å². The summed E-state index contributed by atoms with van der Waals surface area (Å²) < 4.78 is 13.6. The van der Waals surface area contributed by atoms with Gasteiger partial charge in [0.15, 0.2) is 0 Å². The molecule has 0 saturated carbocycles. The molecule has 0 fully saturated rings. The molecule has 2 rings (SSSR count). The SMILES string of the molecule is CCCCCCCCCCCCCCCCCCOCC(C[N+](C)(C)CCCN1C(=O)c2ccccc2C1=O)OCCCCCCCCCCCCCCCCCC.[Br-]. The number of carbonyl (C=O) groups is 2. The van der Waals surface area contributed by atoms with Crippen molar-refractivity contribution in [1.29, 1.82) is 0 Å². The van der Waals surface area contributed by atoms with E-state index >= 15 is 0 Å². The number of nitrogens with zero attached hydrogens (tertiary/aromatic N) is 2. The number of likely N-dealkylation sites (N-methyl/N-ethyl adjacent to an activating group) is 1. The number of fused-ring (bicyclic) bond motifs is 1. The van der Waals surface area contributed by atoms with Gasteiger partial charge in [-0.1, -0.05) is 219 Å². The number of unbranched alkanes of at least 4 members (excludes halogenated alkanes) is 30. The Kier molecular flexibility index (Phi) is 36.3. The van der Waals surface area contributed by atoms with Gasteiger partial charge in [0.25, 0.3) is 11.8 Å². The molecule has 1 atom stereocenters. The molecule has 0 aromatic heterocycles. The summed E-state index contributed by atoms with van der Waals surface area (Å²) in [4.78, 5) is 27.2. The van der Waals surface area contributed by atoms with Crippen LogP contribution in [0.25, 0.3) is 0 Å². The van der Waals surface area contributed by atoms with Crippen LogP contribution >= 0.6 is 0 Å². The number of hydrogen-bond donors (Lipinski definition) is 0. The lowest BCUT2D eigenvalue weighted by Gasteiger charge is -2.34. The Balaban J connectivity index is 0.0000174. The third kappa shape index (κ3) is 28.9. The summed E-state index contributed by atoms with van der Waals surface area (Å²) in [5.41, 5.74) is 1.07. The van der Waals surface area contributed by atoms with Crippen LogP contribution in [0.2, 0.25) is 0 Å². The normalized spacial score (nSPS) is 13.3. The number of carbonyl (C=O) groups excluding carboxylic acids is 2. The van der Waals surface area contributed by atoms with Crippen molar-refractivity contribution in [3.63, 3.8) is 0 Å². The van der Waals surface area contributed by atoms with Crippen LogP contribution in [0.5, 0.6) is 0 Å². The standard InChI is InChI=1S/C52H95N2O4.BrH/c1-5-7-9-11-13-15-17-19-21-23-25-27-29-31-33-37-44-57-47-48(58-45-38-34-32-30-28-26-24-22-20-18-16-14-12-10-8-6-2)46-54(3,4)43-39-42-53-51(55)49-40-35-36-41-50(49)52(53)56;/h35-36,40-41,48H,5-34,37-39,42-47H2,1-4H3;1H/q+1;/p-1. The van der Waals surface area contributed by atoms with E-state index in [1.54, 1.807) is 12.1 Å². The zero-order chi connectivity index (χ0) is 41.8. The van der Waals surface area contributed by atoms with Gasteiger partial charge in [0.05, 0.1) is 38.4 Å². The van der Waals surface area contributed by atoms with E-state index in [0.29, 0.717) is 24.3 Å². The first-order valence-electron chi connectivity index (χ1n) is 25.4. The molecular weight excluding hydrogens is 796 g/mol. The summed E-state index contributed by atoms with van der Waals surface area (Å²) in [6, 6.07) is 7.18. The van der Waals surface area contributed by atoms with Crippen molar-refractivity contribution in [2.24, 2.45) is 0 Å². The van der Waals surface area contributed by atoms with Crippen molar-refractivity contribution in [1.82, 2.24) is 4.90 Å². The lowest BCUT2D eigenvalue weighted by atomic mass is 10.0. The van der Waals surface area contributed by atoms with Crippen molar-refractivity contribution >= 4 is 11.8 Å². The van der Waals surface area contributed by atoms with E-state index in [1.807, 2.05) is 12.1 Å². The highest BCUT2D eigenvalue weighted by Crippen LogP contribution is 2.23. The highest BCUT2D eigenvalue weighted by molar-refractivity contribution is 6.21. The van der Waals surface area contributed by atoms with E-state index in [1.165, 1.54) is 198 Å². The van der Waals surface area contributed by atoms with Gasteiger partial charge < -0.3 is 30.9 Å². The molecule has 1 aliphatic rings. The molecule has 0 saturated heterocycles. The highest BCUT2D eigenvalue weighted by Gasteiger charge is 2.35. The summed E-state index contributed by atoms with van der Waals surface area (Å²) in [5.74, 6) is -0.318. The number of rotatable bonds is 43. The van der Waals surface area contributed by atoms with Crippen LogP contribution in [0, 0.1) is 0 Å². The Hall–Kier alpha value is -1.28. The zero-order valence-corrected chi connectivity index (χ0v) is 41.0. The number of halogens is 1. The van der Waals surface area contributed by atoms with Crippen molar-refractivity contribution in [2.45, 2.75) is 232 Å². The fraction of sp³-hybridized carbons (Fsp3) is 0.846. The molecule has 1 unspecified atom stereocenters. The van der Waals surface area contributed by atoms with E-state index in [0.717, 1.165) is 50.0 Å². The van der Waals surface area contributed by atoms with Crippen molar-refractivity contribution in [3.05, 3.63) is 35.4 Å². The van der Waals surface area contributed by atoms with Gasteiger partial charge in [0, 0.05) is 26.2 Å². The van der Waals surface area contributed by atoms with Crippen LogP contribution in [0.4, 0.5) is 0 Å². The summed E-state index contributed by atoms with van der Waals surface area (Å²) in [6.45, 7) is 9.01. The number of imide groups is 1. The maximum Gasteiger partial charge on any atom is 0.261 e.